The van der Waals surface area contributed by atoms with Crippen molar-refractivity contribution in [2.24, 2.45) is 5.10 Å². The van der Waals surface area contributed by atoms with Gasteiger partial charge in [-0.25, -0.2) is 9.82 Å². The lowest BCUT2D eigenvalue weighted by Crippen LogP contribution is -2.21. The van der Waals surface area contributed by atoms with Crippen molar-refractivity contribution in [1.29, 1.82) is 0 Å². The molecule has 2 aromatic rings. The van der Waals surface area contributed by atoms with Gasteiger partial charge in [-0.15, -0.1) is 0 Å². The Balaban J connectivity index is 1.86. The van der Waals surface area contributed by atoms with Crippen LogP contribution in [-0.2, 0) is 11.2 Å². The molecule has 1 amide bonds. The zero-order valence-corrected chi connectivity index (χ0v) is 14.0. The van der Waals surface area contributed by atoms with E-state index in [9.17, 15) is 9.18 Å². The Morgan fingerprint density at radius 2 is 1.71 bits per heavy atom. The fraction of sp³-hybridized carbons (Fsp3) is 0.263. The van der Waals surface area contributed by atoms with Crippen molar-refractivity contribution in [3.8, 4) is 0 Å². The number of amides is 1. The van der Waals surface area contributed by atoms with Gasteiger partial charge in [0.05, 0.1) is 12.6 Å². The Labute approximate surface area is 142 Å². The molecule has 0 aliphatic rings. The van der Waals surface area contributed by atoms with Crippen molar-refractivity contribution in [3.63, 3.8) is 0 Å². The number of carbonyl (C=O) groups is 1. The standard InChI is InChI=1S/C19H22FN3O/c1-3-23(4-2)18-11-7-16(8-12-18)14-21-22-19(24)13-15-5-9-17(20)10-6-15/h5-12,14H,3-4,13H2,1-2H3,(H,22,24)/b21-14-. The molecule has 0 saturated carbocycles. The zero-order valence-electron chi connectivity index (χ0n) is 14.0. The highest BCUT2D eigenvalue weighted by Crippen LogP contribution is 2.13. The number of hydrogen-bond donors (Lipinski definition) is 1. The minimum absolute atomic E-state index is 0.165. The first-order chi connectivity index (χ1) is 11.6. The van der Waals surface area contributed by atoms with Crippen LogP contribution in [0.5, 0.6) is 0 Å². The molecule has 0 atom stereocenters. The smallest absolute Gasteiger partial charge is 0.244 e. The average molecular weight is 327 g/mol. The van der Waals surface area contributed by atoms with Crippen LogP contribution in [0.1, 0.15) is 25.0 Å². The van der Waals surface area contributed by atoms with Crippen LogP contribution in [0.25, 0.3) is 0 Å². The van der Waals surface area contributed by atoms with E-state index >= 15 is 0 Å². The van der Waals surface area contributed by atoms with E-state index in [0.29, 0.717) is 0 Å². The van der Waals surface area contributed by atoms with Gasteiger partial charge >= 0.3 is 0 Å². The third-order valence-corrected chi connectivity index (χ3v) is 3.70. The molecule has 5 heteroatoms. The molecule has 4 nitrogen and oxygen atoms in total. The highest BCUT2D eigenvalue weighted by Gasteiger charge is 2.03. The summed E-state index contributed by atoms with van der Waals surface area (Å²) in [5.41, 5.74) is 5.30. The lowest BCUT2D eigenvalue weighted by atomic mass is 10.1. The SMILES string of the molecule is CCN(CC)c1ccc(/C=N\NC(=O)Cc2ccc(F)cc2)cc1. The van der Waals surface area contributed by atoms with Gasteiger partial charge in [0.25, 0.3) is 0 Å². The predicted octanol–water partition coefficient (Wildman–Crippen LogP) is 3.36. The third kappa shape index (κ3) is 5.19. The van der Waals surface area contributed by atoms with E-state index < -0.39 is 0 Å². The van der Waals surface area contributed by atoms with Crippen molar-refractivity contribution in [3.05, 3.63) is 65.5 Å². The second-order valence-electron chi connectivity index (χ2n) is 5.36. The number of halogens is 1. The van der Waals surface area contributed by atoms with Gasteiger partial charge in [0.15, 0.2) is 0 Å². The summed E-state index contributed by atoms with van der Waals surface area (Å²) in [6.45, 7) is 6.16. The van der Waals surface area contributed by atoms with Gasteiger partial charge < -0.3 is 4.90 Å². The summed E-state index contributed by atoms with van der Waals surface area (Å²) in [5, 5.41) is 3.96. The summed E-state index contributed by atoms with van der Waals surface area (Å²) in [6, 6.07) is 13.8. The third-order valence-electron chi connectivity index (χ3n) is 3.70. The summed E-state index contributed by atoms with van der Waals surface area (Å²) in [5.74, 6) is -0.553. The summed E-state index contributed by atoms with van der Waals surface area (Å²) < 4.78 is 12.8. The van der Waals surface area contributed by atoms with Gasteiger partial charge in [-0.05, 0) is 49.2 Å². The normalized spacial score (nSPS) is 10.8. The number of nitrogens with one attached hydrogen (secondary N) is 1. The van der Waals surface area contributed by atoms with Gasteiger partial charge in [0.1, 0.15) is 5.82 Å². The van der Waals surface area contributed by atoms with Crippen LogP contribution >= 0.6 is 0 Å². The maximum Gasteiger partial charge on any atom is 0.244 e. The number of anilines is 1. The average Bonchev–Trinajstić information content (AvgIpc) is 2.59. The topological polar surface area (TPSA) is 44.7 Å². The molecular weight excluding hydrogens is 305 g/mol. The molecular formula is C19H22FN3O. The molecule has 0 radical (unpaired) electrons. The van der Waals surface area contributed by atoms with E-state index in [4.69, 9.17) is 0 Å². The Bertz CT molecular complexity index is 677. The highest BCUT2D eigenvalue weighted by molar-refractivity contribution is 5.83. The maximum atomic E-state index is 12.8. The first-order valence-electron chi connectivity index (χ1n) is 8.03. The minimum atomic E-state index is -0.315. The number of rotatable bonds is 7. The van der Waals surface area contributed by atoms with Crippen molar-refractivity contribution < 1.29 is 9.18 Å². The van der Waals surface area contributed by atoms with Crippen molar-refractivity contribution in [2.75, 3.05) is 18.0 Å². The van der Waals surface area contributed by atoms with Crippen LogP contribution in [0.3, 0.4) is 0 Å². The zero-order chi connectivity index (χ0) is 17.4. The highest BCUT2D eigenvalue weighted by atomic mass is 19.1. The molecule has 0 saturated heterocycles. The van der Waals surface area contributed by atoms with Crippen LogP contribution in [0.4, 0.5) is 10.1 Å². The van der Waals surface area contributed by atoms with Crippen molar-refractivity contribution in [1.82, 2.24) is 5.43 Å². The molecule has 24 heavy (non-hydrogen) atoms. The second-order valence-corrected chi connectivity index (χ2v) is 5.36. The monoisotopic (exact) mass is 327 g/mol. The molecule has 1 N–H and O–H groups in total. The Morgan fingerprint density at radius 3 is 2.29 bits per heavy atom. The van der Waals surface area contributed by atoms with Crippen LogP contribution in [0.15, 0.2) is 53.6 Å². The van der Waals surface area contributed by atoms with Gasteiger partial charge in [-0.3, -0.25) is 4.79 Å². The lowest BCUT2D eigenvalue weighted by molar-refractivity contribution is -0.120. The molecule has 0 aromatic heterocycles. The van der Waals surface area contributed by atoms with Crippen LogP contribution < -0.4 is 10.3 Å². The van der Waals surface area contributed by atoms with E-state index in [1.807, 2.05) is 24.3 Å². The number of benzene rings is 2. The van der Waals surface area contributed by atoms with Gasteiger partial charge in [0.2, 0.25) is 5.91 Å². The van der Waals surface area contributed by atoms with E-state index in [2.05, 4.69) is 29.3 Å². The van der Waals surface area contributed by atoms with E-state index in [-0.39, 0.29) is 18.1 Å². The van der Waals surface area contributed by atoms with Crippen molar-refractivity contribution >= 4 is 17.8 Å². The van der Waals surface area contributed by atoms with Gasteiger partial charge in [-0.1, -0.05) is 24.3 Å². The minimum Gasteiger partial charge on any atom is -0.372 e. The molecule has 0 aliphatic carbocycles. The van der Waals surface area contributed by atoms with E-state index in [1.165, 1.54) is 12.1 Å². The Morgan fingerprint density at radius 1 is 1.08 bits per heavy atom. The summed E-state index contributed by atoms with van der Waals surface area (Å²) in [4.78, 5) is 14.0. The van der Waals surface area contributed by atoms with E-state index in [1.54, 1.807) is 18.3 Å². The predicted molar refractivity (Wildman–Crippen MR) is 95.8 cm³/mol. The molecule has 0 fully saturated rings. The lowest BCUT2D eigenvalue weighted by Gasteiger charge is -2.20. The quantitative estimate of drug-likeness (QED) is 0.626. The Kier molecular flexibility index (Phi) is 6.49. The largest absolute Gasteiger partial charge is 0.372 e. The summed E-state index contributed by atoms with van der Waals surface area (Å²) >= 11 is 0. The molecule has 0 spiro atoms. The number of nitrogens with zero attached hydrogens (tertiary/aromatic N) is 2. The van der Waals surface area contributed by atoms with Crippen LogP contribution in [-0.4, -0.2) is 25.2 Å². The fourth-order valence-corrected chi connectivity index (χ4v) is 2.37. The summed E-state index contributed by atoms with van der Waals surface area (Å²) in [6.07, 6.45) is 1.77. The number of hydrogen-bond acceptors (Lipinski definition) is 3. The van der Waals surface area contributed by atoms with Crippen LogP contribution in [0.2, 0.25) is 0 Å². The number of hydrazone groups is 1. The molecule has 126 valence electrons. The maximum absolute atomic E-state index is 12.8. The first kappa shape index (κ1) is 17.7. The Hall–Kier alpha value is -2.69. The van der Waals surface area contributed by atoms with Crippen LogP contribution in [0, 0.1) is 5.82 Å². The molecule has 2 aromatic carbocycles. The van der Waals surface area contributed by atoms with E-state index in [0.717, 1.165) is 29.9 Å². The molecule has 0 heterocycles. The second kappa shape index (κ2) is 8.82. The van der Waals surface area contributed by atoms with Crippen molar-refractivity contribution in [2.45, 2.75) is 20.3 Å². The fourth-order valence-electron chi connectivity index (χ4n) is 2.37. The molecule has 2 rings (SSSR count). The first-order valence-corrected chi connectivity index (χ1v) is 8.03. The molecule has 0 aliphatic heterocycles. The summed E-state index contributed by atoms with van der Waals surface area (Å²) in [7, 11) is 0. The van der Waals surface area contributed by atoms with Gasteiger partial charge in [-0.2, -0.15) is 5.10 Å². The molecule has 0 unspecified atom stereocenters. The molecule has 0 bridgehead atoms. The number of carbonyl (C=O) groups excluding carboxylic acids is 1. The van der Waals surface area contributed by atoms with Gasteiger partial charge in [0, 0.05) is 18.8 Å².